The molecule has 0 aliphatic rings. The fourth-order valence-electron chi connectivity index (χ4n) is 1.93. The molecule has 3 rings (SSSR count). The molecule has 1 aromatic carbocycles. The third kappa shape index (κ3) is 2.11. The van der Waals surface area contributed by atoms with Crippen molar-refractivity contribution < 1.29 is 5.48 Å². The number of hydrogen-bond acceptors (Lipinski definition) is 4. The van der Waals surface area contributed by atoms with Gasteiger partial charge < -0.3 is 10.5 Å². The standard InChI is InChI=1S/C12H11N5O.H2O/c1-2-7-3-4-10-8(5-7)11(18)9(6-13-10)12-14-16-17-15-12;/h3-6H,2H2,1H3,(H,13,18)(H,14,15,16,17);1H2. The van der Waals surface area contributed by atoms with E-state index in [1.165, 1.54) is 0 Å². The van der Waals surface area contributed by atoms with Crippen LogP contribution in [0.3, 0.4) is 0 Å². The number of hydrogen-bond donors (Lipinski definition) is 2. The van der Waals surface area contributed by atoms with E-state index in [1.54, 1.807) is 6.20 Å². The van der Waals surface area contributed by atoms with Crippen LogP contribution < -0.4 is 5.43 Å². The first-order valence-corrected chi connectivity index (χ1v) is 5.67. The van der Waals surface area contributed by atoms with Crippen LogP contribution in [0.2, 0.25) is 0 Å². The Bertz CT molecular complexity index is 748. The van der Waals surface area contributed by atoms with Crippen molar-refractivity contribution in [3.63, 3.8) is 0 Å². The second-order valence-electron chi connectivity index (χ2n) is 4.00. The average Bonchev–Trinajstić information content (AvgIpc) is 2.93. The Labute approximate surface area is 108 Å². The van der Waals surface area contributed by atoms with Gasteiger partial charge in [-0.2, -0.15) is 5.21 Å². The summed E-state index contributed by atoms with van der Waals surface area (Å²) in [7, 11) is 0. The Kier molecular flexibility index (Phi) is 3.39. The molecule has 0 atom stereocenters. The van der Waals surface area contributed by atoms with Crippen molar-refractivity contribution in [1.29, 1.82) is 0 Å². The summed E-state index contributed by atoms with van der Waals surface area (Å²) in [5, 5.41) is 14.1. The van der Waals surface area contributed by atoms with E-state index in [0.717, 1.165) is 17.5 Å². The lowest BCUT2D eigenvalue weighted by Gasteiger charge is -2.02. The van der Waals surface area contributed by atoms with Gasteiger partial charge in [-0.3, -0.25) is 4.79 Å². The van der Waals surface area contributed by atoms with Crippen LogP contribution in [0.1, 0.15) is 12.5 Å². The average molecular weight is 259 g/mol. The zero-order valence-corrected chi connectivity index (χ0v) is 10.3. The monoisotopic (exact) mass is 259 g/mol. The number of aromatic amines is 2. The molecule has 2 heterocycles. The van der Waals surface area contributed by atoms with Crippen molar-refractivity contribution in [2.24, 2.45) is 0 Å². The molecule has 0 radical (unpaired) electrons. The Morgan fingerprint density at radius 2 is 2.16 bits per heavy atom. The fraction of sp³-hybridized carbons (Fsp3) is 0.167. The highest BCUT2D eigenvalue weighted by Gasteiger charge is 2.10. The molecule has 0 saturated heterocycles. The minimum Gasteiger partial charge on any atom is -0.412 e. The van der Waals surface area contributed by atoms with Crippen LogP contribution in [0, 0.1) is 0 Å². The first-order valence-electron chi connectivity index (χ1n) is 5.67. The molecule has 0 unspecified atom stereocenters. The second kappa shape index (κ2) is 4.99. The summed E-state index contributed by atoms with van der Waals surface area (Å²) in [5.41, 5.74) is 2.27. The Morgan fingerprint density at radius 1 is 1.32 bits per heavy atom. The molecule has 0 spiro atoms. The van der Waals surface area contributed by atoms with Gasteiger partial charge in [0.1, 0.15) is 0 Å². The number of fused-ring (bicyclic) bond motifs is 1. The summed E-state index contributed by atoms with van der Waals surface area (Å²) >= 11 is 0. The highest BCUT2D eigenvalue weighted by molar-refractivity contribution is 5.82. The summed E-state index contributed by atoms with van der Waals surface area (Å²) in [6.45, 7) is 2.05. The first-order chi connectivity index (χ1) is 8.79. The minimum absolute atomic E-state index is 0. The van der Waals surface area contributed by atoms with E-state index in [4.69, 9.17) is 0 Å². The van der Waals surface area contributed by atoms with Crippen LogP contribution >= 0.6 is 0 Å². The molecular weight excluding hydrogens is 246 g/mol. The molecule has 3 aromatic rings. The van der Waals surface area contributed by atoms with E-state index in [0.29, 0.717) is 16.8 Å². The van der Waals surface area contributed by atoms with Gasteiger partial charge in [-0.15, -0.1) is 10.2 Å². The van der Waals surface area contributed by atoms with Crippen molar-refractivity contribution in [2.45, 2.75) is 13.3 Å². The number of nitrogens with zero attached hydrogens (tertiary/aromatic N) is 3. The van der Waals surface area contributed by atoms with E-state index >= 15 is 0 Å². The second-order valence-corrected chi connectivity index (χ2v) is 4.00. The number of rotatable bonds is 2. The maximum atomic E-state index is 12.4. The highest BCUT2D eigenvalue weighted by Crippen LogP contribution is 2.15. The molecule has 7 nitrogen and oxygen atoms in total. The van der Waals surface area contributed by atoms with Crippen LogP contribution in [0.25, 0.3) is 22.3 Å². The normalized spacial score (nSPS) is 10.4. The zero-order valence-electron chi connectivity index (χ0n) is 10.3. The van der Waals surface area contributed by atoms with Crippen LogP contribution in [-0.2, 0) is 6.42 Å². The molecule has 7 heteroatoms. The van der Waals surface area contributed by atoms with Crippen molar-refractivity contribution in [2.75, 3.05) is 0 Å². The smallest absolute Gasteiger partial charge is 0.210 e. The predicted octanol–water partition coefficient (Wildman–Crippen LogP) is 0.446. The van der Waals surface area contributed by atoms with E-state index in [9.17, 15) is 4.79 Å². The third-order valence-electron chi connectivity index (χ3n) is 2.94. The Morgan fingerprint density at radius 3 is 2.84 bits per heavy atom. The number of benzene rings is 1. The summed E-state index contributed by atoms with van der Waals surface area (Å²) in [6, 6.07) is 5.82. The predicted molar refractivity (Wildman–Crippen MR) is 70.7 cm³/mol. The van der Waals surface area contributed by atoms with Gasteiger partial charge in [0.05, 0.1) is 5.56 Å². The summed E-state index contributed by atoms with van der Waals surface area (Å²) in [4.78, 5) is 15.4. The number of nitrogens with one attached hydrogen (secondary N) is 2. The maximum Gasteiger partial charge on any atom is 0.210 e. The number of pyridine rings is 1. The maximum absolute atomic E-state index is 12.4. The molecule has 2 aromatic heterocycles. The molecular formula is C12H13N5O2. The number of tetrazole rings is 1. The van der Waals surface area contributed by atoms with Crippen molar-refractivity contribution in [1.82, 2.24) is 25.6 Å². The molecule has 0 fully saturated rings. The van der Waals surface area contributed by atoms with Crippen LogP contribution in [0.15, 0.2) is 29.2 Å². The largest absolute Gasteiger partial charge is 0.412 e. The van der Waals surface area contributed by atoms with Crippen LogP contribution in [-0.4, -0.2) is 31.1 Å². The van der Waals surface area contributed by atoms with Gasteiger partial charge in [-0.05, 0) is 29.3 Å². The van der Waals surface area contributed by atoms with Gasteiger partial charge in [0.2, 0.25) is 11.3 Å². The van der Waals surface area contributed by atoms with Gasteiger partial charge in [0.15, 0.2) is 0 Å². The number of aromatic nitrogens is 5. The molecule has 19 heavy (non-hydrogen) atoms. The number of aryl methyl sites for hydroxylation is 1. The molecule has 0 aliphatic carbocycles. The van der Waals surface area contributed by atoms with Gasteiger partial charge in [-0.25, -0.2) is 0 Å². The molecule has 0 saturated carbocycles. The van der Waals surface area contributed by atoms with Gasteiger partial charge in [-0.1, -0.05) is 13.0 Å². The summed E-state index contributed by atoms with van der Waals surface area (Å²) < 4.78 is 0. The molecule has 0 amide bonds. The fourth-order valence-corrected chi connectivity index (χ4v) is 1.93. The highest BCUT2D eigenvalue weighted by atomic mass is 16.1. The van der Waals surface area contributed by atoms with E-state index in [1.807, 2.05) is 18.2 Å². The first kappa shape index (κ1) is 12.9. The number of H-pyrrole nitrogens is 2. The SMILES string of the molecule is CCc1ccc2[nH]cc(-c3nn[nH]n3)c(=O)c2c1.O. The van der Waals surface area contributed by atoms with Gasteiger partial charge >= 0.3 is 0 Å². The Balaban J connectivity index is 0.00000133. The minimum atomic E-state index is -0.0829. The Hall–Kier alpha value is -2.54. The molecule has 0 aliphatic heterocycles. The molecule has 98 valence electrons. The molecule has 0 bridgehead atoms. The zero-order chi connectivity index (χ0) is 12.5. The van der Waals surface area contributed by atoms with E-state index in [-0.39, 0.29) is 10.9 Å². The third-order valence-corrected chi connectivity index (χ3v) is 2.94. The lowest BCUT2D eigenvalue weighted by atomic mass is 10.1. The van der Waals surface area contributed by atoms with Crippen LogP contribution in [0.5, 0.6) is 0 Å². The van der Waals surface area contributed by atoms with Gasteiger partial charge in [0.25, 0.3) is 0 Å². The van der Waals surface area contributed by atoms with Crippen molar-refractivity contribution in [3.8, 4) is 11.4 Å². The summed E-state index contributed by atoms with van der Waals surface area (Å²) in [6.07, 6.45) is 2.50. The van der Waals surface area contributed by atoms with Crippen molar-refractivity contribution in [3.05, 3.63) is 40.2 Å². The van der Waals surface area contributed by atoms with Gasteiger partial charge in [0, 0.05) is 17.1 Å². The lowest BCUT2D eigenvalue weighted by molar-refractivity contribution is 0.824. The van der Waals surface area contributed by atoms with E-state index < -0.39 is 0 Å². The topological polar surface area (TPSA) is 119 Å². The van der Waals surface area contributed by atoms with E-state index in [2.05, 4.69) is 32.5 Å². The molecule has 4 N–H and O–H groups in total. The quantitative estimate of drug-likeness (QED) is 0.694. The summed E-state index contributed by atoms with van der Waals surface area (Å²) in [5.74, 6) is 0.306. The lowest BCUT2D eigenvalue weighted by Crippen LogP contribution is -2.07. The van der Waals surface area contributed by atoms with Crippen LogP contribution in [0.4, 0.5) is 0 Å². The van der Waals surface area contributed by atoms with Crippen molar-refractivity contribution >= 4 is 10.9 Å².